The Bertz CT molecular complexity index is 601. The highest BCUT2D eigenvalue weighted by Gasteiger charge is 2.17. The van der Waals surface area contributed by atoms with Crippen LogP contribution >= 0.6 is 11.8 Å². The molecule has 0 spiro atoms. The Kier molecular flexibility index (Phi) is 5.28. The Morgan fingerprint density at radius 2 is 1.90 bits per heavy atom. The van der Waals surface area contributed by atoms with Crippen LogP contribution in [0, 0.1) is 0 Å². The molecule has 21 heavy (non-hydrogen) atoms. The molecule has 0 heterocycles. The predicted octanol–water partition coefficient (Wildman–Crippen LogP) is 3.70. The first-order valence-electron chi connectivity index (χ1n) is 6.80. The number of phenolic OH excluding ortho intramolecular Hbond substituents is 1. The second-order valence-corrected chi connectivity index (χ2v) is 5.93. The van der Waals surface area contributed by atoms with Gasteiger partial charge in [-0.1, -0.05) is 36.4 Å². The van der Waals surface area contributed by atoms with Crippen LogP contribution in [0.15, 0.2) is 59.5 Å². The predicted molar refractivity (Wildman–Crippen MR) is 86.5 cm³/mol. The van der Waals surface area contributed by atoms with E-state index in [4.69, 9.17) is 0 Å². The van der Waals surface area contributed by atoms with Gasteiger partial charge in [-0.15, -0.1) is 11.8 Å². The zero-order valence-electron chi connectivity index (χ0n) is 12.2. The van der Waals surface area contributed by atoms with Gasteiger partial charge in [-0.2, -0.15) is 0 Å². The number of amides is 1. The van der Waals surface area contributed by atoms with Crippen LogP contribution in [0.4, 0.5) is 0 Å². The minimum absolute atomic E-state index is 0.0449. The van der Waals surface area contributed by atoms with E-state index in [1.807, 2.05) is 50.4 Å². The number of hydrogen-bond acceptors (Lipinski definition) is 3. The molecule has 4 heteroatoms. The van der Waals surface area contributed by atoms with E-state index in [0.29, 0.717) is 5.75 Å². The summed E-state index contributed by atoms with van der Waals surface area (Å²) in [4.78, 5) is 14.9. The van der Waals surface area contributed by atoms with Gasteiger partial charge >= 0.3 is 0 Å². The first-order chi connectivity index (χ1) is 10.1. The van der Waals surface area contributed by atoms with Gasteiger partial charge in [-0.05, 0) is 30.7 Å². The van der Waals surface area contributed by atoms with Gasteiger partial charge in [-0.25, -0.2) is 0 Å². The largest absolute Gasteiger partial charge is 0.508 e. The van der Waals surface area contributed by atoms with Crippen LogP contribution in [0.5, 0.6) is 5.75 Å². The van der Waals surface area contributed by atoms with Gasteiger partial charge in [0.15, 0.2) is 0 Å². The summed E-state index contributed by atoms with van der Waals surface area (Å²) in [6.45, 7) is 2.02. The van der Waals surface area contributed by atoms with Crippen molar-refractivity contribution in [3.63, 3.8) is 0 Å². The van der Waals surface area contributed by atoms with E-state index in [9.17, 15) is 9.90 Å². The van der Waals surface area contributed by atoms with E-state index in [0.717, 1.165) is 10.5 Å². The molecule has 2 aromatic carbocycles. The third kappa shape index (κ3) is 4.26. The lowest BCUT2D eigenvalue weighted by molar-refractivity contribution is -0.128. The highest BCUT2D eigenvalue weighted by atomic mass is 32.2. The van der Waals surface area contributed by atoms with Crippen molar-refractivity contribution >= 4 is 17.7 Å². The van der Waals surface area contributed by atoms with Crippen molar-refractivity contribution in [2.75, 3.05) is 12.8 Å². The topological polar surface area (TPSA) is 40.5 Å². The Morgan fingerprint density at radius 3 is 2.57 bits per heavy atom. The fourth-order valence-electron chi connectivity index (χ4n) is 1.99. The number of carbonyl (C=O) groups excluding carboxylic acids is 1. The smallest absolute Gasteiger partial charge is 0.233 e. The number of benzene rings is 2. The van der Waals surface area contributed by atoms with E-state index in [-0.39, 0.29) is 17.7 Å². The number of nitrogens with zero attached hydrogens (tertiary/aromatic N) is 1. The van der Waals surface area contributed by atoms with Gasteiger partial charge in [0.05, 0.1) is 11.8 Å². The second kappa shape index (κ2) is 7.18. The van der Waals surface area contributed by atoms with Crippen LogP contribution in [0.3, 0.4) is 0 Å². The first-order valence-corrected chi connectivity index (χ1v) is 7.79. The van der Waals surface area contributed by atoms with E-state index >= 15 is 0 Å². The minimum atomic E-state index is 0.0449. The average molecular weight is 301 g/mol. The van der Waals surface area contributed by atoms with Crippen LogP contribution < -0.4 is 0 Å². The quantitative estimate of drug-likeness (QED) is 0.856. The molecule has 3 nitrogen and oxygen atoms in total. The molecule has 110 valence electrons. The summed E-state index contributed by atoms with van der Waals surface area (Å²) in [6.07, 6.45) is 0. The van der Waals surface area contributed by atoms with Crippen LogP contribution in [0.2, 0.25) is 0 Å². The maximum atomic E-state index is 12.3. The van der Waals surface area contributed by atoms with E-state index in [1.54, 1.807) is 23.1 Å². The zero-order valence-corrected chi connectivity index (χ0v) is 13.0. The lowest BCUT2D eigenvalue weighted by Crippen LogP contribution is -2.31. The molecule has 0 aliphatic carbocycles. The Hall–Kier alpha value is -1.94. The SMILES string of the molecule is CC(c1ccccc1)N(C)C(=O)CSc1cccc(O)c1. The molecule has 0 aromatic heterocycles. The van der Waals surface area contributed by atoms with Gasteiger partial charge in [-0.3, -0.25) is 4.79 Å². The molecule has 0 saturated heterocycles. The summed E-state index contributed by atoms with van der Waals surface area (Å²) in [6, 6.07) is 17.0. The average Bonchev–Trinajstić information content (AvgIpc) is 2.52. The highest BCUT2D eigenvalue weighted by Crippen LogP contribution is 2.24. The fourth-order valence-corrected chi connectivity index (χ4v) is 2.86. The lowest BCUT2D eigenvalue weighted by Gasteiger charge is -2.25. The summed E-state index contributed by atoms with van der Waals surface area (Å²) in [5, 5.41) is 9.42. The lowest BCUT2D eigenvalue weighted by atomic mass is 10.1. The number of aromatic hydroxyl groups is 1. The molecular formula is C17H19NO2S. The maximum Gasteiger partial charge on any atom is 0.233 e. The Morgan fingerprint density at radius 1 is 1.19 bits per heavy atom. The second-order valence-electron chi connectivity index (χ2n) is 4.88. The zero-order chi connectivity index (χ0) is 15.2. The molecule has 0 bridgehead atoms. The minimum Gasteiger partial charge on any atom is -0.508 e. The third-order valence-corrected chi connectivity index (χ3v) is 4.41. The van der Waals surface area contributed by atoms with Crippen LogP contribution in [-0.4, -0.2) is 28.7 Å². The summed E-state index contributed by atoms with van der Waals surface area (Å²) in [5.74, 6) is 0.648. The van der Waals surface area contributed by atoms with Crippen molar-refractivity contribution < 1.29 is 9.90 Å². The summed E-state index contributed by atoms with van der Waals surface area (Å²) in [5.41, 5.74) is 1.12. The molecule has 1 atom stereocenters. The van der Waals surface area contributed by atoms with Crippen LogP contribution in [0.25, 0.3) is 0 Å². The van der Waals surface area contributed by atoms with Crippen molar-refractivity contribution in [3.05, 3.63) is 60.2 Å². The van der Waals surface area contributed by atoms with Gasteiger partial charge in [0.25, 0.3) is 0 Å². The molecule has 0 aliphatic heterocycles. The molecule has 0 saturated carbocycles. The number of hydrogen-bond donors (Lipinski definition) is 1. The summed E-state index contributed by atoms with van der Waals surface area (Å²) < 4.78 is 0. The fraction of sp³-hybridized carbons (Fsp3) is 0.235. The summed E-state index contributed by atoms with van der Waals surface area (Å²) >= 11 is 1.43. The molecule has 2 rings (SSSR count). The van der Waals surface area contributed by atoms with E-state index < -0.39 is 0 Å². The number of phenols is 1. The van der Waals surface area contributed by atoms with Crippen LogP contribution in [0.1, 0.15) is 18.5 Å². The van der Waals surface area contributed by atoms with Crippen molar-refractivity contribution in [1.82, 2.24) is 4.90 Å². The number of thioether (sulfide) groups is 1. The van der Waals surface area contributed by atoms with Crippen molar-refractivity contribution in [2.24, 2.45) is 0 Å². The summed E-state index contributed by atoms with van der Waals surface area (Å²) in [7, 11) is 1.82. The highest BCUT2D eigenvalue weighted by molar-refractivity contribution is 8.00. The van der Waals surface area contributed by atoms with Gasteiger partial charge < -0.3 is 10.0 Å². The number of rotatable bonds is 5. The van der Waals surface area contributed by atoms with Gasteiger partial charge in [0, 0.05) is 11.9 Å². The molecule has 1 amide bonds. The van der Waals surface area contributed by atoms with E-state index in [1.165, 1.54) is 11.8 Å². The van der Waals surface area contributed by atoms with Crippen molar-refractivity contribution in [1.29, 1.82) is 0 Å². The van der Waals surface area contributed by atoms with Crippen LogP contribution in [-0.2, 0) is 4.79 Å². The molecule has 0 aliphatic rings. The Labute approximate surface area is 129 Å². The first kappa shape index (κ1) is 15.4. The normalized spacial score (nSPS) is 11.9. The van der Waals surface area contributed by atoms with E-state index in [2.05, 4.69) is 0 Å². The number of carbonyl (C=O) groups is 1. The molecular weight excluding hydrogens is 282 g/mol. The molecule has 1 N–H and O–H groups in total. The maximum absolute atomic E-state index is 12.3. The molecule has 2 aromatic rings. The molecule has 0 radical (unpaired) electrons. The third-order valence-electron chi connectivity index (χ3n) is 3.44. The van der Waals surface area contributed by atoms with Gasteiger partial charge in [0.1, 0.15) is 5.75 Å². The monoisotopic (exact) mass is 301 g/mol. The standard InChI is InChI=1S/C17H19NO2S/c1-13(14-7-4-3-5-8-14)18(2)17(20)12-21-16-10-6-9-15(19)11-16/h3-11,13,19H,12H2,1-2H3. The molecule has 1 unspecified atom stereocenters. The van der Waals surface area contributed by atoms with Crippen molar-refractivity contribution in [3.8, 4) is 5.75 Å². The molecule has 0 fully saturated rings. The van der Waals surface area contributed by atoms with Crippen molar-refractivity contribution in [2.45, 2.75) is 17.9 Å². The van der Waals surface area contributed by atoms with Gasteiger partial charge in [0.2, 0.25) is 5.91 Å². The Balaban J connectivity index is 1.94.